The molecular weight excluding hydrogens is 216 g/mol. The van der Waals surface area contributed by atoms with Crippen LogP contribution in [-0.2, 0) is 9.47 Å². The molecule has 1 aliphatic carbocycles. The molecule has 0 aromatic rings. The Hall–Kier alpha value is -0.120. The summed E-state index contributed by atoms with van der Waals surface area (Å²) >= 11 is 0. The molecule has 0 bridgehead atoms. The zero-order valence-corrected chi connectivity index (χ0v) is 11.7. The van der Waals surface area contributed by atoms with Gasteiger partial charge in [0.2, 0.25) is 0 Å². The van der Waals surface area contributed by atoms with E-state index < -0.39 is 6.10 Å². The van der Waals surface area contributed by atoms with E-state index in [2.05, 4.69) is 6.92 Å². The maximum Gasteiger partial charge on any atom is 0.106 e. The highest BCUT2D eigenvalue weighted by Crippen LogP contribution is 2.37. The Kier molecular flexibility index (Phi) is 5.90. The topological polar surface area (TPSA) is 38.7 Å². The van der Waals surface area contributed by atoms with E-state index in [0.29, 0.717) is 13.2 Å². The number of ether oxygens (including phenoxy) is 2. The van der Waals surface area contributed by atoms with Crippen LogP contribution in [0.5, 0.6) is 0 Å². The van der Waals surface area contributed by atoms with Crippen molar-refractivity contribution in [3.63, 3.8) is 0 Å². The molecule has 102 valence electrons. The van der Waals surface area contributed by atoms with Crippen molar-refractivity contribution in [1.82, 2.24) is 0 Å². The summed E-state index contributed by atoms with van der Waals surface area (Å²) < 4.78 is 11.4. The van der Waals surface area contributed by atoms with Crippen molar-refractivity contribution < 1.29 is 14.6 Å². The van der Waals surface area contributed by atoms with Gasteiger partial charge in [0.15, 0.2) is 0 Å². The molecular formula is C14H28O3. The molecule has 0 aromatic carbocycles. The largest absolute Gasteiger partial charge is 0.388 e. The van der Waals surface area contributed by atoms with Gasteiger partial charge in [0, 0.05) is 6.61 Å². The molecule has 17 heavy (non-hydrogen) atoms. The summed E-state index contributed by atoms with van der Waals surface area (Å²) in [6, 6.07) is 0. The molecule has 1 saturated carbocycles. The number of aliphatic hydroxyl groups is 1. The highest BCUT2D eigenvalue weighted by Gasteiger charge is 2.41. The second-order valence-electron chi connectivity index (χ2n) is 5.58. The molecule has 0 saturated heterocycles. The SMILES string of the molecule is CCOC1(C(O)COC(C)C)CCC(C)CC1. The smallest absolute Gasteiger partial charge is 0.106 e. The molecule has 1 fully saturated rings. The van der Waals surface area contributed by atoms with Gasteiger partial charge in [-0.05, 0) is 52.4 Å². The Morgan fingerprint density at radius 2 is 1.88 bits per heavy atom. The highest BCUT2D eigenvalue weighted by atomic mass is 16.5. The third-order valence-corrected chi connectivity index (χ3v) is 3.75. The first-order chi connectivity index (χ1) is 8.00. The van der Waals surface area contributed by atoms with Gasteiger partial charge in [-0.3, -0.25) is 0 Å². The van der Waals surface area contributed by atoms with Crippen molar-refractivity contribution in [2.45, 2.75) is 71.2 Å². The first-order valence-electron chi connectivity index (χ1n) is 6.94. The molecule has 0 spiro atoms. The van der Waals surface area contributed by atoms with Crippen molar-refractivity contribution >= 4 is 0 Å². The maximum absolute atomic E-state index is 10.3. The fourth-order valence-corrected chi connectivity index (χ4v) is 2.55. The second-order valence-corrected chi connectivity index (χ2v) is 5.58. The monoisotopic (exact) mass is 244 g/mol. The Labute approximate surface area is 105 Å². The molecule has 0 aliphatic heterocycles. The van der Waals surface area contributed by atoms with Crippen molar-refractivity contribution in [3.05, 3.63) is 0 Å². The van der Waals surface area contributed by atoms with Crippen LogP contribution in [0, 0.1) is 5.92 Å². The fraction of sp³-hybridized carbons (Fsp3) is 1.00. The normalized spacial score (nSPS) is 31.8. The van der Waals surface area contributed by atoms with Gasteiger partial charge < -0.3 is 14.6 Å². The minimum atomic E-state index is -0.502. The number of hydrogen-bond acceptors (Lipinski definition) is 3. The van der Waals surface area contributed by atoms with Crippen molar-refractivity contribution in [1.29, 1.82) is 0 Å². The predicted molar refractivity (Wildman–Crippen MR) is 69.1 cm³/mol. The molecule has 1 atom stereocenters. The van der Waals surface area contributed by atoms with E-state index in [-0.39, 0.29) is 11.7 Å². The lowest BCUT2D eigenvalue weighted by molar-refractivity contribution is -0.165. The third kappa shape index (κ3) is 4.23. The Balaban J connectivity index is 2.57. The van der Waals surface area contributed by atoms with Gasteiger partial charge in [0.05, 0.1) is 18.3 Å². The van der Waals surface area contributed by atoms with E-state index in [4.69, 9.17) is 9.47 Å². The Morgan fingerprint density at radius 3 is 2.35 bits per heavy atom. The van der Waals surface area contributed by atoms with E-state index in [0.717, 1.165) is 31.6 Å². The van der Waals surface area contributed by atoms with E-state index >= 15 is 0 Å². The number of rotatable bonds is 6. The Bertz CT molecular complexity index is 208. The van der Waals surface area contributed by atoms with Crippen LogP contribution in [0.1, 0.15) is 53.4 Å². The van der Waals surface area contributed by atoms with Crippen LogP contribution in [-0.4, -0.2) is 36.1 Å². The van der Waals surface area contributed by atoms with Gasteiger partial charge >= 0.3 is 0 Å². The van der Waals surface area contributed by atoms with E-state index in [9.17, 15) is 5.11 Å². The van der Waals surface area contributed by atoms with Crippen molar-refractivity contribution in [2.24, 2.45) is 5.92 Å². The molecule has 0 aromatic heterocycles. The summed E-state index contributed by atoms with van der Waals surface area (Å²) in [6.45, 7) is 9.29. The van der Waals surface area contributed by atoms with Crippen LogP contribution in [0.15, 0.2) is 0 Å². The van der Waals surface area contributed by atoms with Gasteiger partial charge in [0.1, 0.15) is 6.10 Å². The molecule has 1 unspecified atom stereocenters. The minimum Gasteiger partial charge on any atom is -0.388 e. The molecule has 1 rings (SSSR count). The second kappa shape index (κ2) is 6.72. The summed E-state index contributed by atoms with van der Waals surface area (Å²) in [4.78, 5) is 0. The van der Waals surface area contributed by atoms with E-state index in [1.807, 2.05) is 20.8 Å². The van der Waals surface area contributed by atoms with Crippen LogP contribution in [0.4, 0.5) is 0 Å². The average Bonchev–Trinajstić information content (AvgIpc) is 2.29. The first-order valence-corrected chi connectivity index (χ1v) is 6.94. The molecule has 0 radical (unpaired) electrons. The molecule has 1 aliphatic rings. The van der Waals surface area contributed by atoms with Crippen LogP contribution in [0.3, 0.4) is 0 Å². The molecule has 3 nitrogen and oxygen atoms in total. The highest BCUT2D eigenvalue weighted by molar-refractivity contribution is 4.92. The summed E-state index contributed by atoms with van der Waals surface area (Å²) in [5, 5.41) is 10.3. The fourth-order valence-electron chi connectivity index (χ4n) is 2.55. The summed E-state index contributed by atoms with van der Waals surface area (Å²) in [6.07, 6.45) is 3.83. The summed E-state index contributed by atoms with van der Waals surface area (Å²) in [7, 11) is 0. The predicted octanol–water partition coefficient (Wildman–Crippen LogP) is 2.76. The zero-order chi connectivity index (χ0) is 12.9. The lowest BCUT2D eigenvalue weighted by atomic mass is 9.76. The average molecular weight is 244 g/mol. The van der Waals surface area contributed by atoms with Crippen LogP contribution in [0.25, 0.3) is 0 Å². The quantitative estimate of drug-likeness (QED) is 0.781. The first kappa shape index (κ1) is 14.9. The summed E-state index contributed by atoms with van der Waals surface area (Å²) in [5.41, 5.74) is -0.365. The number of aliphatic hydroxyl groups excluding tert-OH is 1. The van der Waals surface area contributed by atoms with Crippen LogP contribution < -0.4 is 0 Å². The van der Waals surface area contributed by atoms with Gasteiger partial charge in [-0.15, -0.1) is 0 Å². The van der Waals surface area contributed by atoms with Gasteiger partial charge in [-0.2, -0.15) is 0 Å². The lowest BCUT2D eigenvalue weighted by Gasteiger charge is -2.42. The molecule has 0 amide bonds. The zero-order valence-electron chi connectivity index (χ0n) is 11.7. The maximum atomic E-state index is 10.3. The van der Waals surface area contributed by atoms with Crippen LogP contribution in [0.2, 0.25) is 0 Å². The van der Waals surface area contributed by atoms with E-state index in [1.165, 1.54) is 0 Å². The minimum absolute atomic E-state index is 0.158. The van der Waals surface area contributed by atoms with Gasteiger partial charge in [0.25, 0.3) is 0 Å². The summed E-state index contributed by atoms with van der Waals surface area (Å²) in [5.74, 6) is 0.752. The molecule has 0 heterocycles. The van der Waals surface area contributed by atoms with Crippen molar-refractivity contribution in [2.75, 3.05) is 13.2 Å². The van der Waals surface area contributed by atoms with E-state index in [1.54, 1.807) is 0 Å². The molecule has 1 N–H and O–H groups in total. The van der Waals surface area contributed by atoms with Gasteiger partial charge in [-0.1, -0.05) is 6.92 Å². The van der Waals surface area contributed by atoms with Crippen molar-refractivity contribution in [3.8, 4) is 0 Å². The van der Waals surface area contributed by atoms with Gasteiger partial charge in [-0.25, -0.2) is 0 Å². The standard InChI is InChI=1S/C14H28O3/c1-5-17-14(8-6-12(4)7-9-14)13(15)10-16-11(2)3/h11-13,15H,5-10H2,1-4H3. The molecule has 3 heteroatoms. The van der Waals surface area contributed by atoms with Crippen LogP contribution >= 0.6 is 0 Å². The lowest BCUT2D eigenvalue weighted by Crippen LogP contribution is -2.50. The number of hydrogen-bond donors (Lipinski definition) is 1. The third-order valence-electron chi connectivity index (χ3n) is 3.75. The Morgan fingerprint density at radius 1 is 1.29 bits per heavy atom.